The highest BCUT2D eigenvalue weighted by Crippen LogP contribution is 2.21. The van der Waals surface area contributed by atoms with E-state index in [0.29, 0.717) is 26.0 Å². The smallest absolute Gasteiger partial charge is 0.229 e. The van der Waals surface area contributed by atoms with Crippen LogP contribution in [-0.2, 0) is 9.59 Å². The minimum absolute atomic E-state index is 0.0591. The predicted octanol–water partition coefficient (Wildman–Crippen LogP) is 1.88. The first kappa shape index (κ1) is 15.5. The fourth-order valence-corrected chi connectivity index (χ4v) is 2.39. The molecule has 0 aromatic heterocycles. The lowest BCUT2D eigenvalue weighted by atomic mass is 10.1. The SMILES string of the molecule is CCCOc1ccc(C(CN2C(=O)CCC2=O)NC)cc1. The second-order valence-electron chi connectivity index (χ2n) is 5.16. The highest BCUT2D eigenvalue weighted by molar-refractivity contribution is 6.01. The summed E-state index contributed by atoms with van der Waals surface area (Å²) < 4.78 is 5.55. The van der Waals surface area contributed by atoms with E-state index in [-0.39, 0.29) is 17.9 Å². The minimum atomic E-state index is -0.0804. The molecule has 1 N–H and O–H groups in total. The number of likely N-dealkylation sites (N-methyl/N-ethyl adjacent to an activating group) is 1. The summed E-state index contributed by atoms with van der Waals surface area (Å²) in [4.78, 5) is 24.7. The van der Waals surface area contributed by atoms with Crippen LogP contribution in [0.5, 0.6) is 5.75 Å². The number of carbonyl (C=O) groups excluding carboxylic acids is 2. The third-order valence-corrected chi connectivity index (χ3v) is 3.62. The van der Waals surface area contributed by atoms with Gasteiger partial charge in [-0.3, -0.25) is 14.5 Å². The van der Waals surface area contributed by atoms with E-state index in [1.165, 1.54) is 4.90 Å². The number of carbonyl (C=O) groups is 2. The van der Waals surface area contributed by atoms with Crippen LogP contribution in [0.25, 0.3) is 0 Å². The first-order valence-electron chi connectivity index (χ1n) is 7.39. The van der Waals surface area contributed by atoms with E-state index < -0.39 is 0 Å². The number of benzene rings is 1. The fraction of sp³-hybridized carbons (Fsp3) is 0.500. The zero-order chi connectivity index (χ0) is 15.2. The van der Waals surface area contributed by atoms with Crippen LogP contribution in [0.1, 0.15) is 37.8 Å². The Hall–Kier alpha value is -1.88. The van der Waals surface area contributed by atoms with E-state index in [9.17, 15) is 9.59 Å². The molecule has 1 aliphatic heterocycles. The monoisotopic (exact) mass is 290 g/mol. The number of amides is 2. The van der Waals surface area contributed by atoms with Crippen LogP contribution in [-0.4, -0.2) is 36.9 Å². The Morgan fingerprint density at radius 3 is 2.33 bits per heavy atom. The van der Waals surface area contributed by atoms with Crippen molar-refractivity contribution in [2.45, 2.75) is 32.2 Å². The van der Waals surface area contributed by atoms with Gasteiger partial charge in [-0.15, -0.1) is 0 Å². The number of hydrogen-bond donors (Lipinski definition) is 1. The van der Waals surface area contributed by atoms with Gasteiger partial charge in [-0.1, -0.05) is 19.1 Å². The van der Waals surface area contributed by atoms with E-state index in [2.05, 4.69) is 12.2 Å². The number of likely N-dealkylation sites (tertiary alicyclic amines) is 1. The molecule has 0 aliphatic carbocycles. The fourth-order valence-electron chi connectivity index (χ4n) is 2.39. The van der Waals surface area contributed by atoms with Crippen LogP contribution in [0.4, 0.5) is 0 Å². The van der Waals surface area contributed by atoms with Gasteiger partial charge in [0.25, 0.3) is 0 Å². The number of hydrogen-bond acceptors (Lipinski definition) is 4. The molecule has 2 rings (SSSR count). The van der Waals surface area contributed by atoms with E-state index in [1.807, 2.05) is 31.3 Å². The molecule has 5 heteroatoms. The number of imide groups is 1. The molecule has 0 spiro atoms. The number of rotatable bonds is 7. The molecule has 0 bridgehead atoms. The molecule has 21 heavy (non-hydrogen) atoms. The first-order chi connectivity index (χ1) is 10.2. The molecule has 1 atom stereocenters. The maximum Gasteiger partial charge on any atom is 0.229 e. The number of nitrogens with zero attached hydrogens (tertiary/aromatic N) is 1. The molecule has 5 nitrogen and oxygen atoms in total. The molecule has 1 unspecified atom stereocenters. The highest BCUT2D eigenvalue weighted by atomic mass is 16.5. The lowest BCUT2D eigenvalue weighted by molar-refractivity contribution is -0.138. The Kier molecular flexibility index (Phi) is 5.33. The second kappa shape index (κ2) is 7.22. The van der Waals surface area contributed by atoms with Crippen molar-refractivity contribution >= 4 is 11.8 Å². The van der Waals surface area contributed by atoms with E-state index >= 15 is 0 Å². The normalized spacial score (nSPS) is 16.4. The standard InChI is InChI=1S/C16H22N2O3/c1-3-10-21-13-6-4-12(5-7-13)14(17-2)11-18-15(19)8-9-16(18)20/h4-7,14,17H,3,8-11H2,1-2H3. The van der Waals surface area contributed by atoms with Crippen molar-refractivity contribution in [3.8, 4) is 5.75 Å². The van der Waals surface area contributed by atoms with Crippen molar-refractivity contribution in [3.05, 3.63) is 29.8 Å². The summed E-state index contributed by atoms with van der Waals surface area (Å²) in [6, 6.07) is 7.72. The van der Waals surface area contributed by atoms with Gasteiger partial charge in [0.2, 0.25) is 11.8 Å². The summed E-state index contributed by atoms with van der Waals surface area (Å²) in [5.41, 5.74) is 1.04. The molecule has 1 saturated heterocycles. The summed E-state index contributed by atoms with van der Waals surface area (Å²) in [6.45, 7) is 3.14. The summed E-state index contributed by atoms with van der Waals surface area (Å²) in [5, 5.41) is 3.16. The Bertz CT molecular complexity index is 483. The van der Waals surface area contributed by atoms with Gasteiger partial charge in [-0.25, -0.2) is 0 Å². The van der Waals surface area contributed by atoms with E-state index in [4.69, 9.17) is 4.74 Å². The Labute approximate surface area is 125 Å². The number of ether oxygens (including phenoxy) is 1. The summed E-state index contributed by atoms with van der Waals surface area (Å²) >= 11 is 0. The van der Waals surface area contributed by atoms with Crippen LogP contribution in [0.15, 0.2) is 24.3 Å². The Morgan fingerprint density at radius 1 is 1.19 bits per heavy atom. The highest BCUT2D eigenvalue weighted by Gasteiger charge is 2.30. The molecule has 1 aromatic rings. The van der Waals surface area contributed by atoms with Crippen LogP contribution >= 0.6 is 0 Å². The van der Waals surface area contributed by atoms with Crippen LogP contribution < -0.4 is 10.1 Å². The molecule has 114 valence electrons. The molecule has 1 aromatic carbocycles. The third kappa shape index (κ3) is 3.82. The van der Waals surface area contributed by atoms with Crippen LogP contribution in [0, 0.1) is 0 Å². The van der Waals surface area contributed by atoms with Crippen molar-refractivity contribution in [1.29, 1.82) is 0 Å². The third-order valence-electron chi connectivity index (χ3n) is 3.62. The van der Waals surface area contributed by atoms with Gasteiger partial charge in [0.05, 0.1) is 12.6 Å². The number of nitrogens with one attached hydrogen (secondary N) is 1. The second-order valence-corrected chi connectivity index (χ2v) is 5.16. The van der Waals surface area contributed by atoms with Crippen molar-refractivity contribution in [3.63, 3.8) is 0 Å². The van der Waals surface area contributed by atoms with Crippen LogP contribution in [0.2, 0.25) is 0 Å². The lowest BCUT2D eigenvalue weighted by Crippen LogP contribution is -2.37. The van der Waals surface area contributed by atoms with Gasteiger partial charge >= 0.3 is 0 Å². The van der Waals surface area contributed by atoms with Gasteiger partial charge in [0.15, 0.2) is 0 Å². The van der Waals surface area contributed by atoms with Crippen LogP contribution in [0.3, 0.4) is 0 Å². The quantitative estimate of drug-likeness (QED) is 0.779. The lowest BCUT2D eigenvalue weighted by Gasteiger charge is -2.22. The predicted molar refractivity (Wildman–Crippen MR) is 80.0 cm³/mol. The van der Waals surface area contributed by atoms with Gasteiger partial charge in [-0.05, 0) is 31.2 Å². The first-order valence-corrected chi connectivity index (χ1v) is 7.39. The van der Waals surface area contributed by atoms with Gasteiger partial charge in [0.1, 0.15) is 5.75 Å². The Morgan fingerprint density at radius 2 is 1.81 bits per heavy atom. The van der Waals surface area contributed by atoms with Gasteiger partial charge < -0.3 is 10.1 Å². The van der Waals surface area contributed by atoms with E-state index in [1.54, 1.807) is 0 Å². The average molecular weight is 290 g/mol. The topological polar surface area (TPSA) is 58.6 Å². The Balaban J connectivity index is 2.03. The molecule has 1 fully saturated rings. The maximum absolute atomic E-state index is 11.7. The molecule has 0 radical (unpaired) electrons. The minimum Gasteiger partial charge on any atom is -0.494 e. The molecule has 1 heterocycles. The van der Waals surface area contributed by atoms with Gasteiger partial charge in [0, 0.05) is 19.4 Å². The summed E-state index contributed by atoms with van der Waals surface area (Å²) in [6.07, 6.45) is 1.64. The zero-order valence-corrected chi connectivity index (χ0v) is 12.6. The molecule has 0 saturated carbocycles. The summed E-state index contributed by atoms with van der Waals surface area (Å²) in [7, 11) is 1.83. The summed E-state index contributed by atoms with van der Waals surface area (Å²) in [5.74, 6) is 0.676. The van der Waals surface area contributed by atoms with Crippen molar-refractivity contribution in [1.82, 2.24) is 10.2 Å². The molecule has 2 amide bonds. The van der Waals surface area contributed by atoms with Crippen molar-refractivity contribution < 1.29 is 14.3 Å². The largest absolute Gasteiger partial charge is 0.494 e. The molecular weight excluding hydrogens is 268 g/mol. The van der Waals surface area contributed by atoms with Gasteiger partial charge in [-0.2, -0.15) is 0 Å². The zero-order valence-electron chi connectivity index (χ0n) is 12.6. The molecule has 1 aliphatic rings. The molecular formula is C16H22N2O3. The van der Waals surface area contributed by atoms with Crippen molar-refractivity contribution in [2.75, 3.05) is 20.2 Å². The average Bonchev–Trinajstić information content (AvgIpc) is 2.82. The van der Waals surface area contributed by atoms with Crippen molar-refractivity contribution in [2.24, 2.45) is 0 Å². The van der Waals surface area contributed by atoms with E-state index in [0.717, 1.165) is 17.7 Å². The maximum atomic E-state index is 11.7.